The molecule has 1 aliphatic heterocycles. The van der Waals surface area contributed by atoms with Gasteiger partial charge in [-0.15, -0.1) is 0 Å². The van der Waals surface area contributed by atoms with Crippen molar-refractivity contribution >= 4 is 27.8 Å². The molecule has 8 nitrogen and oxygen atoms in total. The molecule has 3 aromatic rings. The van der Waals surface area contributed by atoms with E-state index in [0.717, 1.165) is 22.9 Å². The van der Waals surface area contributed by atoms with Gasteiger partial charge in [0.2, 0.25) is 0 Å². The lowest BCUT2D eigenvalue weighted by atomic mass is 10.1. The van der Waals surface area contributed by atoms with E-state index >= 15 is 0 Å². The topological polar surface area (TPSA) is 82.6 Å². The molecule has 2 aromatic heterocycles. The Morgan fingerprint density at radius 2 is 2.13 bits per heavy atom. The average molecular weight is 493 g/mol. The fraction of sp³-hybridized carbons (Fsp3) is 0.381. The molecule has 0 radical (unpaired) electrons. The highest BCUT2D eigenvalue weighted by Crippen LogP contribution is 2.29. The Hall–Kier alpha value is -2.88. The Morgan fingerprint density at radius 1 is 1.32 bits per heavy atom. The summed E-state index contributed by atoms with van der Waals surface area (Å²) in [6, 6.07) is 6.22. The predicted molar refractivity (Wildman–Crippen MR) is 114 cm³/mol. The molecule has 164 valence electrons. The fourth-order valence-corrected chi connectivity index (χ4v) is 3.74. The molecule has 1 fully saturated rings. The van der Waals surface area contributed by atoms with Crippen LogP contribution in [-0.4, -0.2) is 46.5 Å². The quantitative estimate of drug-likeness (QED) is 0.460. The lowest BCUT2D eigenvalue weighted by Gasteiger charge is -2.31. The molecule has 0 spiro atoms. The zero-order valence-electron chi connectivity index (χ0n) is 17.0. The zero-order valence-corrected chi connectivity index (χ0v) is 18.5. The summed E-state index contributed by atoms with van der Waals surface area (Å²) in [6.07, 6.45) is 5.03. The molecule has 31 heavy (non-hydrogen) atoms. The Morgan fingerprint density at radius 3 is 2.90 bits per heavy atom. The normalized spacial score (nSPS) is 14.6. The van der Waals surface area contributed by atoms with Gasteiger partial charge < -0.3 is 23.5 Å². The van der Waals surface area contributed by atoms with Crippen LogP contribution in [-0.2, 0) is 16.1 Å². The van der Waals surface area contributed by atoms with Gasteiger partial charge in [-0.3, -0.25) is 4.79 Å². The molecule has 1 saturated heterocycles. The van der Waals surface area contributed by atoms with Crippen LogP contribution in [0.2, 0.25) is 0 Å². The predicted octanol–water partition coefficient (Wildman–Crippen LogP) is 4.05. The summed E-state index contributed by atoms with van der Waals surface area (Å²) >= 11 is 3.39. The molecule has 1 aliphatic rings. The van der Waals surface area contributed by atoms with E-state index in [4.69, 9.17) is 14.0 Å². The second-order valence-corrected chi connectivity index (χ2v) is 8.01. The number of anilines is 1. The van der Waals surface area contributed by atoms with Crippen molar-refractivity contribution in [2.75, 3.05) is 24.6 Å². The van der Waals surface area contributed by atoms with E-state index in [9.17, 15) is 9.18 Å². The number of esters is 1. The van der Waals surface area contributed by atoms with E-state index in [0.29, 0.717) is 37.3 Å². The van der Waals surface area contributed by atoms with Crippen LogP contribution in [0.4, 0.5) is 10.3 Å². The molecule has 4 rings (SSSR count). The molecule has 3 heterocycles. The van der Waals surface area contributed by atoms with Crippen LogP contribution < -0.4 is 9.64 Å². The molecule has 0 amide bonds. The van der Waals surface area contributed by atoms with Gasteiger partial charge in [-0.05, 0) is 46.2 Å². The maximum Gasteiger partial charge on any atom is 0.325 e. The molecule has 0 aliphatic carbocycles. The number of nitrogens with zero attached hydrogens (tertiary/aromatic N) is 4. The number of hydrogen-bond acceptors (Lipinski definition) is 7. The van der Waals surface area contributed by atoms with E-state index in [2.05, 4.69) is 26.1 Å². The maximum atomic E-state index is 13.5. The second-order valence-electron chi connectivity index (χ2n) is 7.16. The van der Waals surface area contributed by atoms with Gasteiger partial charge in [0, 0.05) is 44.4 Å². The molecular weight excluding hydrogens is 471 g/mol. The van der Waals surface area contributed by atoms with Crippen LogP contribution in [0.15, 0.2) is 45.7 Å². The van der Waals surface area contributed by atoms with E-state index in [-0.39, 0.29) is 24.4 Å². The minimum Gasteiger partial charge on any atom is -0.489 e. The third-order valence-corrected chi connectivity index (χ3v) is 5.60. The first kappa shape index (κ1) is 21.4. The standard InChI is InChI=1S/C21H22BrFN4O4/c1-2-29-19(28)13-26-8-5-14(12-26)20-24-21(25-31-20)27-9-6-16(7-10-27)30-18-11-15(23)3-4-17(18)22/h3-5,8,11-12,16H,2,6-7,9-10,13H2,1H3. The molecular formula is C21H22BrFN4O4. The SMILES string of the molecule is CCOC(=O)Cn1ccc(-c2nc(N3CCC(Oc4cc(F)ccc4Br)CC3)no2)c1. The van der Waals surface area contributed by atoms with Crippen molar-refractivity contribution < 1.29 is 23.2 Å². The van der Waals surface area contributed by atoms with E-state index in [1.807, 2.05) is 11.0 Å². The third-order valence-electron chi connectivity index (χ3n) is 4.94. The largest absolute Gasteiger partial charge is 0.489 e. The van der Waals surface area contributed by atoms with Crippen molar-refractivity contribution in [2.45, 2.75) is 32.4 Å². The third kappa shape index (κ3) is 5.25. The molecule has 0 bridgehead atoms. The Bertz CT molecular complexity index is 1050. The molecule has 0 N–H and O–H groups in total. The van der Waals surface area contributed by atoms with E-state index < -0.39 is 0 Å². The van der Waals surface area contributed by atoms with Crippen LogP contribution in [0.5, 0.6) is 5.75 Å². The van der Waals surface area contributed by atoms with Gasteiger partial charge in [-0.2, -0.15) is 4.98 Å². The number of halogens is 2. The monoisotopic (exact) mass is 492 g/mol. The summed E-state index contributed by atoms with van der Waals surface area (Å²) in [4.78, 5) is 18.1. The van der Waals surface area contributed by atoms with Crippen LogP contribution >= 0.6 is 15.9 Å². The fourth-order valence-electron chi connectivity index (χ4n) is 3.40. The highest BCUT2D eigenvalue weighted by molar-refractivity contribution is 9.10. The Balaban J connectivity index is 1.34. The van der Waals surface area contributed by atoms with Crippen molar-refractivity contribution in [1.29, 1.82) is 0 Å². The average Bonchev–Trinajstić information content (AvgIpc) is 3.41. The number of piperidine rings is 1. The molecule has 1 aromatic carbocycles. The van der Waals surface area contributed by atoms with Gasteiger partial charge in [0.1, 0.15) is 24.2 Å². The van der Waals surface area contributed by atoms with Crippen LogP contribution in [0, 0.1) is 5.82 Å². The minimum absolute atomic E-state index is 0.0161. The number of carbonyl (C=O) groups is 1. The molecule has 0 saturated carbocycles. The zero-order chi connectivity index (χ0) is 21.8. The molecule has 10 heteroatoms. The number of ether oxygens (including phenoxy) is 2. The first-order chi connectivity index (χ1) is 15.0. The smallest absolute Gasteiger partial charge is 0.325 e. The Labute approximate surface area is 187 Å². The number of rotatable bonds is 7. The summed E-state index contributed by atoms with van der Waals surface area (Å²) < 4.78 is 32.2. The van der Waals surface area contributed by atoms with Gasteiger partial charge >= 0.3 is 5.97 Å². The molecule has 0 atom stereocenters. The van der Waals surface area contributed by atoms with Gasteiger partial charge in [-0.1, -0.05) is 0 Å². The lowest BCUT2D eigenvalue weighted by molar-refractivity contribution is -0.143. The highest BCUT2D eigenvalue weighted by atomic mass is 79.9. The summed E-state index contributed by atoms with van der Waals surface area (Å²) in [5.74, 6) is 0.781. The van der Waals surface area contributed by atoms with Gasteiger partial charge in [0.25, 0.3) is 11.8 Å². The van der Waals surface area contributed by atoms with Crippen molar-refractivity contribution in [2.24, 2.45) is 0 Å². The first-order valence-electron chi connectivity index (χ1n) is 10.0. The van der Waals surface area contributed by atoms with Gasteiger partial charge in [0.15, 0.2) is 0 Å². The van der Waals surface area contributed by atoms with Crippen molar-refractivity contribution in [3.8, 4) is 17.2 Å². The summed E-state index contributed by atoms with van der Waals surface area (Å²) in [5.41, 5.74) is 0.734. The van der Waals surface area contributed by atoms with Gasteiger partial charge in [-0.25, -0.2) is 4.39 Å². The second kappa shape index (κ2) is 9.51. The van der Waals surface area contributed by atoms with Crippen molar-refractivity contribution in [3.63, 3.8) is 0 Å². The number of carbonyl (C=O) groups excluding carboxylic acids is 1. The van der Waals surface area contributed by atoms with E-state index in [1.165, 1.54) is 12.1 Å². The first-order valence-corrected chi connectivity index (χ1v) is 10.8. The summed E-state index contributed by atoms with van der Waals surface area (Å²) in [6.45, 7) is 3.64. The molecule has 0 unspecified atom stereocenters. The number of benzene rings is 1. The maximum absolute atomic E-state index is 13.5. The van der Waals surface area contributed by atoms with Crippen molar-refractivity contribution in [1.82, 2.24) is 14.7 Å². The van der Waals surface area contributed by atoms with Crippen LogP contribution in [0.25, 0.3) is 11.5 Å². The minimum atomic E-state index is -0.328. The van der Waals surface area contributed by atoms with E-state index in [1.54, 1.807) is 30.0 Å². The van der Waals surface area contributed by atoms with Crippen LogP contribution in [0.3, 0.4) is 0 Å². The summed E-state index contributed by atoms with van der Waals surface area (Å²) in [5, 5.41) is 4.09. The Kier molecular flexibility index (Phi) is 6.55. The number of hydrogen-bond donors (Lipinski definition) is 0. The van der Waals surface area contributed by atoms with Crippen LogP contribution in [0.1, 0.15) is 19.8 Å². The van der Waals surface area contributed by atoms with Crippen molar-refractivity contribution in [3.05, 3.63) is 46.9 Å². The van der Waals surface area contributed by atoms with Gasteiger partial charge in [0.05, 0.1) is 16.6 Å². The lowest BCUT2D eigenvalue weighted by Crippen LogP contribution is -2.38. The summed E-state index contributed by atoms with van der Waals surface area (Å²) in [7, 11) is 0. The highest BCUT2D eigenvalue weighted by Gasteiger charge is 2.25. The number of aromatic nitrogens is 3.